The molecule has 0 aromatic heterocycles. The lowest BCUT2D eigenvalue weighted by Crippen LogP contribution is -2.35. The third-order valence-electron chi connectivity index (χ3n) is 2.65. The van der Waals surface area contributed by atoms with Crippen LogP contribution in [0, 0.1) is 3.57 Å². The maximum absolute atomic E-state index is 5.84. The fraction of sp³-hybridized carbons (Fsp3) is 0.500. The Morgan fingerprint density at radius 3 is 2.69 bits per heavy atom. The van der Waals surface area contributed by atoms with Gasteiger partial charge in [0.1, 0.15) is 0 Å². The van der Waals surface area contributed by atoms with Crippen LogP contribution in [-0.4, -0.2) is 19.2 Å². The molecule has 1 aliphatic rings. The zero-order valence-corrected chi connectivity index (χ0v) is 12.1. The van der Waals surface area contributed by atoms with Gasteiger partial charge in [-0.3, -0.25) is 0 Å². The van der Waals surface area contributed by atoms with E-state index >= 15 is 0 Å². The molecule has 4 heteroatoms. The standard InChI is InChI=1S/C12H16INO.ClH/c13-11-5-3-10(4-6-11)9-15-12-2-1-7-14-8-12;/h3-6,12,14H,1-2,7-9H2;1H. The molecule has 0 bridgehead atoms. The minimum absolute atomic E-state index is 0. The Morgan fingerprint density at radius 2 is 2.06 bits per heavy atom. The van der Waals surface area contributed by atoms with E-state index in [-0.39, 0.29) is 12.4 Å². The Bertz CT molecular complexity index is 298. The van der Waals surface area contributed by atoms with Gasteiger partial charge in [-0.25, -0.2) is 0 Å². The number of benzene rings is 1. The van der Waals surface area contributed by atoms with Crippen molar-refractivity contribution in [2.24, 2.45) is 0 Å². The van der Waals surface area contributed by atoms with Crippen molar-refractivity contribution in [1.29, 1.82) is 0 Å². The maximum Gasteiger partial charge on any atom is 0.0721 e. The quantitative estimate of drug-likeness (QED) is 0.844. The Labute approximate surface area is 117 Å². The van der Waals surface area contributed by atoms with Crippen LogP contribution in [0.25, 0.3) is 0 Å². The number of rotatable bonds is 3. The first-order chi connectivity index (χ1) is 7.34. The number of piperidine rings is 1. The molecule has 0 radical (unpaired) electrons. The summed E-state index contributed by atoms with van der Waals surface area (Å²) in [6, 6.07) is 8.52. The number of hydrogen-bond acceptors (Lipinski definition) is 2. The van der Waals surface area contributed by atoms with Gasteiger partial charge in [-0.2, -0.15) is 0 Å². The second kappa shape index (κ2) is 7.48. The third-order valence-corrected chi connectivity index (χ3v) is 3.37. The molecule has 1 aromatic rings. The van der Waals surface area contributed by atoms with Gasteiger partial charge in [0.2, 0.25) is 0 Å². The van der Waals surface area contributed by atoms with E-state index < -0.39 is 0 Å². The topological polar surface area (TPSA) is 21.3 Å². The first-order valence-electron chi connectivity index (χ1n) is 5.41. The third kappa shape index (κ3) is 4.57. The molecule has 2 nitrogen and oxygen atoms in total. The minimum Gasteiger partial charge on any atom is -0.372 e. The van der Waals surface area contributed by atoms with E-state index in [0.717, 1.165) is 19.7 Å². The molecule has 0 spiro atoms. The van der Waals surface area contributed by atoms with Crippen LogP contribution < -0.4 is 5.32 Å². The molecule has 1 N–H and O–H groups in total. The summed E-state index contributed by atoms with van der Waals surface area (Å²) in [6.07, 6.45) is 2.83. The van der Waals surface area contributed by atoms with Gasteiger partial charge < -0.3 is 10.1 Å². The monoisotopic (exact) mass is 353 g/mol. The average Bonchev–Trinajstić information content (AvgIpc) is 2.30. The van der Waals surface area contributed by atoms with Gasteiger partial charge in [0.15, 0.2) is 0 Å². The molecule has 16 heavy (non-hydrogen) atoms. The van der Waals surface area contributed by atoms with Crippen molar-refractivity contribution in [1.82, 2.24) is 5.32 Å². The van der Waals surface area contributed by atoms with E-state index in [9.17, 15) is 0 Å². The van der Waals surface area contributed by atoms with Crippen molar-refractivity contribution < 1.29 is 4.74 Å². The fourth-order valence-corrected chi connectivity index (χ4v) is 2.12. The summed E-state index contributed by atoms with van der Waals surface area (Å²) in [5.74, 6) is 0. The molecule has 1 heterocycles. The highest BCUT2D eigenvalue weighted by molar-refractivity contribution is 14.1. The van der Waals surface area contributed by atoms with Gasteiger partial charge in [0.25, 0.3) is 0 Å². The van der Waals surface area contributed by atoms with Crippen LogP contribution >= 0.6 is 35.0 Å². The highest BCUT2D eigenvalue weighted by Crippen LogP contribution is 2.11. The van der Waals surface area contributed by atoms with E-state index in [1.54, 1.807) is 0 Å². The van der Waals surface area contributed by atoms with Crippen LogP contribution in [-0.2, 0) is 11.3 Å². The molecular formula is C12H17ClINO. The van der Waals surface area contributed by atoms with Gasteiger partial charge in [-0.15, -0.1) is 12.4 Å². The van der Waals surface area contributed by atoms with Crippen molar-refractivity contribution in [2.45, 2.75) is 25.6 Å². The zero-order valence-electron chi connectivity index (χ0n) is 9.12. The number of hydrogen-bond donors (Lipinski definition) is 1. The molecule has 2 rings (SSSR count). The van der Waals surface area contributed by atoms with Crippen molar-refractivity contribution in [2.75, 3.05) is 13.1 Å². The second-order valence-electron chi connectivity index (χ2n) is 3.91. The molecule has 1 fully saturated rings. The van der Waals surface area contributed by atoms with Crippen LogP contribution in [0.4, 0.5) is 0 Å². The van der Waals surface area contributed by atoms with E-state index in [1.807, 2.05) is 0 Å². The minimum atomic E-state index is 0. The Balaban J connectivity index is 0.00000128. The summed E-state index contributed by atoms with van der Waals surface area (Å²) >= 11 is 2.32. The highest BCUT2D eigenvalue weighted by Gasteiger charge is 2.12. The van der Waals surface area contributed by atoms with Crippen LogP contribution in [0.15, 0.2) is 24.3 Å². The van der Waals surface area contributed by atoms with Gasteiger partial charge >= 0.3 is 0 Å². The van der Waals surface area contributed by atoms with Gasteiger partial charge in [-0.1, -0.05) is 12.1 Å². The first kappa shape index (κ1) is 14.2. The normalized spacial score (nSPS) is 20.2. The number of nitrogens with one attached hydrogen (secondary N) is 1. The van der Waals surface area contributed by atoms with Crippen LogP contribution in [0.3, 0.4) is 0 Å². The van der Waals surface area contributed by atoms with Crippen LogP contribution in [0.1, 0.15) is 18.4 Å². The predicted octanol–water partition coefficient (Wildman–Crippen LogP) is 2.98. The molecule has 0 amide bonds. The lowest BCUT2D eigenvalue weighted by molar-refractivity contribution is 0.0253. The average molecular weight is 354 g/mol. The SMILES string of the molecule is Cl.Ic1ccc(COC2CCCNC2)cc1. The van der Waals surface area contributed by atoms with E-state index in [1.165, 1.54) is 22.0 Å². The first-order valence-corrected chi connectivity index (χ1v) is 6.49. The lowest BCUT2D eigenvalue weighted by atomic mass is 10.1. The molecule has 0 saturated carbocycles. The van der Waals surface area contributed by atoms with E-state index in [4.69, 9.17) is 4.74 Å². The largest absolute Gasteiger partial charge is 0.372 e. The van der Waals surface area contributed by atoms with E-state index in [0.29, 0.717) is 6.10 Å². The highest BCUT2D eigenvalue weighted by atomic mass is 127. The Hall–Kier alpha value is 0.160. The van der Waals surface area contributed by atoms with E-state index in [2.05, 4.69) is 52.2 Å². The van der Waals surface area contributed by atoms with Gasteiger partial charge in [-0.05, 0) is 59.7 Å². The van der Waals surface area contributed by atoms with Crippen molar-refractivity contribution in [3.05, 3.63) is 33.4 Å². The van der Waals surface area contributed by atoms with Gasteiger partial charge in [0, 0.05) is 10.1 Å². The molecule has 1 saturated heterocycles. The Kier molecular flexibility index (Phi) is 6.65. The van der Waals surface area contributed by atoms with Crippen LogP contribution in [0.5, 0.6) is 0 Å². The van der Waals surface area contributed by atoms with Gasteiger partial charge in [0.05, 0.1) is 12.7 Å². The fourth-order valence-electron chi connectivity index (χ4n) is 1.76. The van der Waals surface area contributed by atoms with Crippen LogP contribution in [0.2, 0.25) is 0 Å². The summed E-state index contributed by atoms with van der Waals surface area (Å²) in [7, 11) is 0. The summed E-state index contributed by atoms with van der Waals surface area (Å²) in [6.45, 7) is 2.89. The molecule has 1 atom stereocenters. The zero-order chi connectivity index (χ0) is 10.5. The molecule has 1 aromatic carbocycles. The summed E-state index contributed by atoms with van der Waals surface area (Å²) in [4.78, 5) is 0. The summed E-state index contributed by atoms with van der Waals surface area (Å²) in [5, 5.41) is 3.35. The number of ether oxygens (including phenoxy) is 1. The number of halogens is 2. The van der Waals surface area contributed by atoms with Crippen molar-refractivity contribution in [3.8, 4) is 0 Å². The second-order valence-corrected chi connectivity index (χ2v) is 5.15. The lowest BCUT2D eigenvalue weighted by Gasteiger charge is -2.23. The summed E-state index contributed by atoms with van der Waals surface area (Å²) in [5.41, 5.74) is 1.26. The molecule has 1 aliphatic heterocycles. The molecule has 90 valence electrons. The summed E-state index contributed by atoms with van der Waals surface area (Å²) < 4.78 is 7.12. The Morgan fingerprint density at radius 1 is 1.31 bits per heavy atom. The maximum atomic E-state index is 5.84. The van der Waals surface area contributed by atoms with Crippen molar-refractivity contribution in [3.63, 3.8) is 0 Å². The predicted molar refractivity (Wildman–Crippen MR) is 77.1 cm³/mol. The smallest absolute Gasteiger partial charge is 0.0721 e. The molecule has 1 unspecified atom stereocenters. The molecular weight excluding hydrogens is 336 g/mol. The van der Waals surface area contributed by atoms with Crippen molar-refractivity contribution >= 4 is 35.0 Å². The molecule has 0 aliphatic carbocycles.